The second-order valence-electron chi connectivity index (χ2n) is 4.26. The summed E-state index contributed by atoms with van der Waals surface area (Å²) in [7, 11) is 0. The van der Waals surface area contributed by atoms with E-state index in [-0.39, 0.29) is 24.1 Å². The van der Waals surface area contributed by atoms with Crippen LogP contribution in [0.25, 0.3) is 0 Å². The summed E-state index contributed by atoms with van der Waals surface area (Å²) in [6.45, 7) is 1.84. The van der Waals surface area contributed by atoms with Crippen molar-refractivity contribution in [1.29, 1.82) is 0 Å². The Labute approximate surface area is 115 Å². The number of phenols is 1. The van der Waals surface area contributed by atoms with Crippen molar-refractivity contribution in [1.82, 2.24) is 4.98 Å². The minimum absolute atomic E-state index is 0.145. The van der Waals surface area contributed by atoms with E-state index in [2.05, 4.69) is 10.3 Å². The molecule has 0 fully saturated rings. The highest BCUT2D eigenvalue weighted by molar-refractivity contribution is 7.13. The number of hydrogen-bond acceptors (Lipinski definition) is 5. The molecule has 1 unspecified atom stereocenters. The number of hydrogen-bond donors (Lipinski definition) is 3. The molecule has 0 aliphatic carbocycles. The fourth-order valence-corrected chi connectivity index (χ4v) is 2.40. The van der Waals surface area contributed by atoms with Gasteiger partial charge in [-0.1, -0.05) is 12.1 Å². The Hall–Kier alpha value is -1.92. The molecule has 0 aliphatic heterocycles. The molecule has 1 heterocycles. The Morgan fingerprint density at radius 2 is 2.37 bits per heavy atom. The Morgan fingerprint density at radius 1 is 1.58 bits per heavy atom. The van der Waals surface area contributed by atoms with Gasteiger partial charge in [0, 0.05) is 11.4 Å². The summed E-state index contributed by atoms with van der Waals surface area (Å²) in [4.78, 5) is 16.0. The first kappa shape index (κ1) is 13.5. The molecule has 0 aliphatic rings. The molecule has 2 aromatic rings. The van der Waals surface area contributed by atoms with Crippen LogP contribution in [0.15, 0.2) is 29.6 Å². The van der Waals surface area contributed by atoms with E-state index in [0.717, 1.165) is 11.3 Å². The number of amides is 1. The van der Waals surface area contributed by atoms with E-state index in [1.54, 1.807) is 24.3 Å². The van der Waals surface area contributed by atoms with E-state index in [1.807, 2.05) is 12.3 Å². The van der Waals surface area contributed by atoms with Crippen LogP contribution >= 0.6 is 11.3 Å². The standard InChI is InChI=1S/C13H15N3O2S/c1-8(14)11-7-19-13(15-11)16-12(18)6-9-3-2-4-10(17)5-9/h2-5,7-8,17H,6,14H2,1H3,(H,15,16,18). The summed E-state index contributed by atoms with van der Waals surface area (Å²) < 4.78 is 0. The van der Waals surface area contributed by atoms with E-state index in [9.17, 15) is 9.90 Å². The third-order valence-electron chi connectivity index (χ3n) is 2.51. The van der Waals surface area contributed by atoms with Crippen molar-refractivity contribution in [2.24, 2.45) is 5.73 Å². The van der Waals surface area contributed by atoms with Gasteiger partial charge in [-0.2, -0.15) is 0 Å². The summed E-state index contributed by atoms with van der Waals surface area (Å²) in [5, 5.41) is 14.4. The Morgan fingerprint density at radius 3 is 3.00 bits per heavy atom. The number of phenolic OH excluding ortho intramolecular Hbond substituents is 1. The van der Waals surface area contributed by atoms with Crippen LogP contribution in [0.1, 0.15) is 24.2 Å². The van der Waals surface area contributed by atoms with Crippen molar-refractivity contribution in [3.05, 3.63) is 40.9 Å². The largest absolute Gasteiger partial charge is 0.508 e. The van der Waals surface area contributed by atoms with Crippen LogP contribution < -0.4 is 11.1 Å². The molecule has 1 atom stereocenters. The van der Waals surface area contributed by atoms with Gasteiger partial charge in [-0.3, -0.25) is 4.79 Å². The molecule has 19 heavy (non-hydrogen) atoms. The lowest BCUT2D eigenvalue weighted by Gasteiger charge is -2.03. The Kier molecular flexibility index (Phi) is 4.13. The second kappa shape index (κ2) is 5.81. The molecule has 5 nitrogen and oxygen atoms in total. The molecular formula is C13H15N3O2S. The maximum atomic E-state index is 11.8. The zero-order valence-corrected chi connectivity index (χ0v) is 11.3. The number of benzene rings is 1. The van der Waals surface area contributed by atoms with Crippen molar-refractivity contribution >= 4 is 22.4 Å². The van der Waals surface area contributed by atoms with Gasteiger partial charge in [0.1, 0.15) is 5.75 Å². The predicted octanol–water partition coefficient (Wildman–Crippen LogP) is 2.05. The highest BCUT2D eigenvalue weighted by atomic mass is 32.1. The first-order valence-electron chi connectivity index (χ1n) is 5.83. The van der Waals surface area contributed by atoms with E-state index >= 15 is 0 Å². The minimum atomic E-state index is -0.170. The molecule has 100 valence electrons. The lowest BCUT2D eigenvalue weighted by atomic mass is 10.1. The van der Waals surface area contributed by atoms with Gasteiger partial charge in [0.2, 0.25) is 5.91 Å². The molecule has 4 N–H and O–H groups in total. The average Bonchev–Trinajstić information content (AvgIpc) is 2.77. The molecular weight excluding hydrogens is 262 g/mol. The number of nitrogens with one attached hydrogen (secondary N) is 1. The molecule has 0 spiro atoms. The molecule has 1 aromatic carbocycles. The Bertz CT molecular complexity index is 581. The minimum Gasteiger partial charge on any atom is -0.508 e. The first-order valence-corrected chi connectivity index (χ1v) is 6.71. The lowest BCUT2D eigenvalue weighted by Crippen LogP contribution is -2.14. The number of nitrogens with zero attached hydrogens (tertiary/aromatic N) is 1. The quantitative estimate of drug-likeness (QED) is 0.798. The van der Waals surface area contributed by atoms with E-state index in [1.165, 1.54) is 11.3 Å². The number of aromatic nitrogens is 1. The maximum absolute atomic E-state index is 11.8. The first-order chi connectivity index (χ1) is 9.04. The number of rotatable bonds is 4. The van der Waals surface area contributed by atoms with Gasteiger partial charge >= 0.3 is 0 Å². The summed E-state index contributed by atoms with van der Waals surface area (Å²) in [6.07, 6.45) is 0.196. The second-order valence-corrected chi connectivity index (χ2v) is 5.12. The molecule has 0 saturated carbocycles. The van der Waals surface area contributed by atoms with E-state index in [4.69, 9.17) is 5.73 Å². The molecule has 0 bridgehead atoms. The molecule has 0 saturated heterocycles. The zero-order chi connectivity index (χ0) is 13.8. The fraction of sp³-hybridized carbons (Fsp3) is 0.231. The van der Waals surface area contributed by atoms with Crippen LogP contribution in [0.4, 0.5) is 5.13 Å². The van der Waals surface area contributed by atoms with Gasteiger partial charge in [-0.25, -0.2) is 4.98 Å². The van der Waals surface area contributed by atoms with Crippen molar-refractivity contribution in [2.75, 3.05) is 5.32 Å². The van der Waals surface area contributed by atoms with Crippen LogP contribution in [-0.2, 0) is 11.2 Å². The van der Waals surface area contributed by atoms with Crippen molar-refractivity contribution in [2.45, 2.75) is 19.4 Å². The van der Waals surface area contributed by atoms with E-state index < -0.39 is 0 Å². The highest BCUT2D eigenvalue weighted by Gasteiger charge is 2.09. The van der Waals surface area contributed by atoms with Crippen molar-refractivity contribution in [3.8, 4) is 5.75 Å². The van der Waals surface area contributed by atoms with E-state index in [0.29, 0.717) is 5.13 Å². The lowest BCUT2D eigenvalue weighted by molar-refractivity contribution is -0.115. The zero-order valence-electron chi connectivity index (χ0n) is 10.5. The van der Waals surface area contributed by atoms with Gasteiger partial charge in [0.05, 0.1) is 12.1 Å². The predicted molar refractivity (Wildman–Crippen MR) is 75.2 cm³/mol. The van der Waals surface area contributed by atoms with Crippen molar-refractivity contribution in [3.63, 3.8) is 0 Å². The molecule has 1 amide bonds. The SMILES string of the molecule is CC(N)c1csc(NC(=O)Cc2cccc(O)c2)n1. The Balaban J connectivity index is 1.97. The number of thiazole rings is 1. The molecule has 0 radical (unpaired) electrons. The monoisotopic (exact) mass is 277 g/mol. The topological polar surface area (TPSA) is 88.2 Å². The van der Waals surface area contributed by atoms with Crippen LogP contribution in [-0.4, -0.2) is 16.0 Å². The molecule has 2 rings (SSSR count). The van der Waals surface area contributed by atoms with Crippen LogP contribution in [0.3, 0.4) is 0 Å². The third kappa shape index (κ3) is 3.77. The van der Waals surface area contributed by atoms with Gasteiger partial charge in [0.15, 0.2) is 5.13 Å². The normalized spacial score (nSPS) is 12.1. The number of anilines is 1. The number of carbonyl (C=O) groups is 1. The maximum Gasteiger partial charge on any atom is 0.230 e. The average molecular weight is 277 g/mol. The number of aromatic hydroxyl groups is 1. The van der Waals surface area contributed by atoms with Gasteiger partial charge in [0.25, 0.3) is 0 Å². The molecule has 1 aromatic heterocycles. The summed E-state index contributed by atoms with van der Waals surface area (Å²) in [5.74, 6) is -0.0186. The summed E-state index contributed by atoms with van der Waals surface area (Å²) in [5.41, 5.74) is 7.21. The summed E-state index contributed by atoms with van der Waals surface area (Å²) >= 11 is 1.35. The fourth-order valence-electron chi connectivity index (χ4n) is 1.57. The van der Waals surface area contributed by atoms with Crippen LogP contribution in [0.2, 0.25) is 0 Å². The number of nitrogens with two attached hydrogens (primary N) is 1. The summed E-state index contributed by atoms with van der Waals surface area (Å²) in [6, 6.07) is 6.48. The number of carbonyl (C=O) groups excluding carboxylic acids is 1. The van der Waals surface area contributed by atoms with Gasteiger partial charge in [-0.15, -0.1) is 11.3 Å². The molecule has 6 heteroatoms. The van der Waals surface area contributed by atoms with Crippen LogP contribution in [0, 0.1) is 0 Å². The van der Waals surface area contributed by atoms with Gasteiger partial charge in [-0.05, 0) is 24.6 Å². The third-order valence-corrected chi connectivity index (χ3v) is 3.29. The smallest absolute Gasteiger partial charge is 0.230 e. The highest BCUT2D eigenvalue weighted by Crippen LogP contribution is 2.19. The van der Waals surface area contributed by atoms with Gasteiger partial charge < -0.3 is 16.2 Å². The van der Waals surface area contributed by atoms with Crippen LogP contribution in [0.5, 0.6) is 5.75 Å². The van der Waals surface area contributed by atoms with Crippen molar-refractivity contribution < 1.29 is 9.90 Å².